The number of urea groups is 1. The maximum Gasteiger partial charge on any atom is 0.325 e. The summed E-state index contributed by atoms with van der Waals surface area (Å²) >= 11 is 0. The molecule has 2 aliphatic rings. The molecule has 0 unspecified atom stereocenters. The number of amides is 4. The second-order valence-electron chi connectivity index (χ2n) is 6.66. The third-order valence-corrected chi connectivity index (χ3v) is 4.87. The number of unbranched alkanes of at least 4 members (excludes halogenated alkanes) is 1. The first-order valence-corrected chi connectivity index (χ1v) is 8.96. The fourth-order valence-electron chi connectivity index (χ4n) is 3.40. The Bertz CT molecular complexity index is 528. The van der Waals surface area contributed by atoms with Crippen LogP contribution in [0.25, 0.3) is 0 Å². The van der Waals surface area contributed by atoms with Gasteiger partial charge >= 0.3 is 12.0 Å². The molecular formula is C17H27N3O5. The molecule has 0 bridgehead atoms. The number of nitrogens with one attached hydrogen (secondary N) is 2. The van der Waals surface area contributed by atoms with Crippen molar-refractivity contribution in [3.05, 3.63) is 0 Å². The van der Waals surface area contributed by atoms with Crippen molar-refractivity contribution in [3.8, 4) is 0 Å². The molecule has 2 fully saturated rings. The Hall–Kier alpha value is -2.12. The number of hydrogen-bond donors (Lipinski definition) is 2. The van der Waals surface area contributed by atoms with E-state index < -0.39 is 11.6 Å². The van der Waals surface area contributed by atoms with Crippen LogP contribution in [0.3, 0.4) is 0 Å². The summed E-state index contributed by atoms with van der Waals surface area (Å²) in [5, 5.41) is 5.57. The molecule has 1 saturated heterocycles. The van der Waals surface area contributed by atoms with Gasteiger partial charge < -0.3 is 15.4 Å². The third kappa shape index (κ3) is 4.93. The van der Waals surface area contributed by atoms with Crippen LogP contribution in [-0.4, -0.2) is 54.5 Å². The summed E-state index contributed by atoms with van der Waals surface area (Å²) in [7, 11) is 1.34. The van der Waals surface area contributed by atoms with E-state index in [1.165, 1.54) is 12.0 Å². The van der Waals surface area contributed by atoms with Gasteiger partial charge in [0.15, 0.2) is 0 Å². The Morgan fingerprint density at radius 3 is 2.56 bits per heavy atom. The SMILES string of the molecule is COC(=O)CCCCNC(=O)CCN1C(=O)NC2(CCCCC2)C1=O. The first kappa shape index (κ1) is 19.2. The minimum atomic E-state index is -0.736. The summed E-state index contributed by atoms with van der Waals surface area (Å²) in [5.74, 6) is -0.659. The van der Waals surface area contributed by atoms with E-state index in [-0.39, 0.29) is 30.7 Å². The second-order valence-corrected chi connectivity index (χ2v) is 6.66. The lowest BCUT2D eigenvalue weighted by Crippen LogP contribution is -2.48. The number of hydrogen-bond acceptors (Lipinski definition) is 5. The number of rotatable bonds is 8. The average molecular weight is 353 g/mol. The number of ether oxygens (including phenoxy) is 1. The minimum absolute atomic E-state index is 0.0895. The Labute approximate surface area is 147 Å². The lowest BCUT2D eigenvalue weighted by molar-refractivity contribution is -0.140. The van der Waals surface area contributed by atoms with Gasteiger partial charge in [0.2, 0.25) is 5.91 Å². The molecule has 0 aromatic carbocycles. The van der Waals surface area contributed by atoms with Gasteiger partial charge in [-0.05, 0) is 25.7 Å². The van der Waals surface area contributed by atoms with Crippen molar-refractivity contribution in [2.45, 2.75) is 63.3 Å². The first-order valence-electron chi connectivity index (χ1n) is 8.96. The normalized spacial score (nSPS) is 19.0. The molecule has 0 aromatic rings. The summed E-state index contributed by atoms with van der Waals surface area (Å²) in [5.41, 5.74) is -0.736. The Morgan fingerprint density at radius 2 is 1.88 bits per heavy atom. The largest absolute Gasteiger partial charge is 0.469 e. The molecule has 0 aromatic heterocycles. The van der Waals surface area contributed by atoms with Gasteiger partial charge in [-0.1, -0.05) is 19.3 Å². The molecular weight excluding hydrogens is 326 g/mol. The van der Waals surface area contributed by atoms with Crippen molar-refractivity contribution < 1.29 is 23.9 Å². The van der Waals surface area contributed by atoms with Crippen LogP contribution >= 0.6 is 0 Å². The van der Waals surface area contributed by atoms with E-state index >= 15 is 0 Å². The number of methoxy groups -OCH3 is 1. The fraction of sp³-hybridized carbons (Fsp3) is 0.765. The summed E-state index contributed by atoms with van der Waals surface area (Å²) < 4.78 is 4.54. The van der Waals surface area contributed by atoms with Crippen molar-refractivity contribution in [1.29, 1.82) is 0 Å². The van der Waals surface area contributed by atoms with Gasteiger partial charge in [-0.15, -0.1) is 0 Å². The van der Waals surface area contributed by atoms with E-state index in [2.05, 4.69) is 15.4 Å². The van der Waals surface area contributed by atoms with Crippen LogP contribution in [0.5, 0.6) is 0 Å². The van der Waals surface area contributed by atoms with Crippen LogP contribution in [0.4, 0.5) is 4.79 Å². The van der Waals surface area contributed by atoms with E-state index in [0.29, 0.717) is 38.6 Å². The number of carbonyl (C=O) groups is 4. The predicted molar refractivity (Wildman–Crippen MR) is 89.6 cm³/mol. The molecule has 2 N–H and O–H groups in total. The van der Waals surface area contributed by atoms with Crippen LogP contribution in [0.15, 0.2) is 0 Å². The van der Waals surface area contributed by atoms with Crippen LogP contribution < -0.4 is 10.6 Å². The Morgan fingerprint density at radius 1 is 1.16 bits per heavy atom. The maximum absolute atomic E-state index is 12.6. The van der Waals surface area contributed by atoms with Gasteiger partial charge in [-0.2, -0.15) is 0 Å². The topological polar surface area (TPSA) is 105 Å². The summed E-state index contributed by atoms with van der Waals surface area (Å²) in [6.45, 7) is 0.556. The Balaban J connectivity index is 1.68. The quantitative estimate of drug-likeness (QED) is 0.386. The molecule has 1 heterocycles. The minimum Gasteiger partial charge on any atom is -0.469 e. The molecule has 25 heavy (non-hydrogen) atoms. The van der Waals surface area contributed by atoms with Crippen LogP contribution in [0.1, 0.15) is 57.8 Å². The van der Waals surface area contributed by atoms with Crippen molar-refractivity contribution in [1.82, 2.24) is 15.5 Å². The third-order valence-electron chi connectivity index (χ3n) is 4.87. The lowest BCUT2D eigenvalue weighted by Gasteiger charge is -2.30. The monoisotopic (exact) mass is 353 g/mol. The molecule has 1 saturated carbocycles. The molecule has 0 radical (unpaired) electrons. The van der Waals surface area contributed by atoms with E-state index in [4.69, 9.17) is 0 Å². The van der Waals surface area contributed by atoms with E-state index in [0.717, 1.165) is 19.3 Å². The lowest BCUT2D eigenvalue weighted by atomic mass is 9.82. The molecule has 0 atom stereocenters. The van der Waals surface area contributed by atoms with Crippen LogP contribution in [0, 0.1) is 0 Å². The highest BCUT2D eigenvalue weighted by Crippen LogP contribution is 2.33. The smallest absolute Gasteiger partial charge is 0.325 e. The Kier molecular flexibility index (Phi) is 6.78. The molecule has 1 aliphatic carbocycles. The highest BCUT2D eigenvalue weighted by molar-refractivity contribution is 6.07. The molecule has 140 valence electrons. The van der Waals surface area contributed by atoms with E-state index in [9.17, 15) is 19.2 Å². The van der Waals surface area contributed by atoms with Crippen molar-refractivity contribution >= 4 is 23.8 Å². The number of nitrogens with zero attached hydrogens (tertiary/aromatic N) is 1. The summed E-state index contributed by atoms with van der Waals surface area (Å²) in [4.78, 5) is 48.6. The maximum atomic E-state index is 12.6. The van der Waals surface area contributed by atoms with Gasteiger partial charge in [0.05, 0.1) is 7.11 Å². The van der Waals surface area contributed by atoms with Gasteiger partial charge in [0, 0.05) is 25.9 Å². The molecule has 1 aliphatic heterocycles. The van der Waals surface area contributed by atoms with Gasteiger partial charge in [0.25, 0.3) is 5.91 Å². The zero-order chi connectivity index (χ0) is 18.3. The molecule has 1 spiro atoms. The van der Waals surface area contributed by atoms with Crippen LogP contribution in [0.2, 0.25) is 0 Å². The summed E-state index contributed by atoms with van der Waals surface area (Å²) in [6.07, 6.45) is 6.06. The fourth-order valence-corrected chi connectivity index (χ4v) is 3.40. The number of imide groups is 1. The zero-order valence-electron chi connectivity index (χ0n) is 14.8. The number of esters is 1. The number of carbonyl (C=O) groups excluding carboxylic acids is 4. The highest BCUT2D eigenvalue weighted by Gasteiger charge is 2.50. The van der Waals surface area contributed by atoms with Gasteiger partial charge in [-0.25, -0.2) is 4.79 Å². The van der Waals surface area contributed by atoms with Gasteiger partial charge in [0.1, 0.15) is 5.54 Å². The van der Waals surface area contributed by atoms with Gasteiger partial charge in [-0.3, -0.25) is 19.3 Å². The standard InChI is InChI=1S/C17H27N3O5/c1-25-14(22)7-3-6-11-18-13(21)8-12-20-15(23)17(19-16(20)24)9-4-2-5-10-17/h2-12H2,1H3,(H,18,21)(H,19,24). The molecule has 2 rings (SSSR count). The van der Waals surface area contributed by atoms with Crippen LogP contribution in [-0.2, 0) is 19.1 Å². The molecule has 4 amide bonds. The average Bonchev–Trinajstić information content (AvgIpc) is 2.83. The van der Waals surface area contributed by atoms with Crippen molar-refractivity contribution in [2.75, 3.05) is 20.2 Å². The zero-order valence-corrected chi connectivity index (χ0v) is 14.8. The first-order chi connectivity index (χ1) is 12.0. The second kappa shape index (κ2) is 8.82. The molecule has 8 heteroatoms. The van der Waals surface area contributed by atoms with E-state index in [1.807, 2.05) is 0 Å². The van der Waals surface area contributed by atoms with E-state index in [1.54, 1.807) is 0 Å². The van der Waals surface area contributed by atoms with Crippen molar-refractivity contribution in [3.63, 3.8) is 0 Å². The summed E-state index contributed by atoms with van der Waals surface area (Å²) in [6, 6.07) is -0.391. The van der Waals surface area contributed by atoms with Crippen molar-refractivity contribution in [2.24, 2.45) is 0 Å². The predicted octanol–water partition coefficient (Wildman–Crippen LogP) is 1.09. The molecule has 8 nitrogen and oxygen atoms in total. The highest BCUT2D eigenvalue weighted by atomic mass is 16.5.